The number of amides is 1. The fourth-order valence-corrected chi connectivity index (χ4v) is 5.02. The van der Waals surface area contributed by atoms with E-state index < -0.39 is 52.8 Å². The monoisotopic (exact) mass is 356 g/mol. The van der Waals surface area contributed by atoms with Crippen molar-refractivity contribution in [1.29, 1.82) is 0 Å². The van der Waals surface area contributed by atoms with E-state index in [9.17, 15) is 24.6 Å². The minimum absolute atomic E-state index is 0.186. The van der Waals surface area contributed by atoms with Gasteiger partial charge in [-0.05, 0) is 25.2 Å². The number of aliphatic carboxylic acids is 2. The number of carboxylic acid groups (broad SMARTS) is 2. The second-order valence-corrected chi connectivity index (χ2v) is 7.08. The lowest BCUT2D eigenvalue weighted by atomic mass is 9.62. The standard InChI is InChI=1S/C17H28N2O6/c1-4-7-8-25-15(24)19-17(14(22)23)11-9(10(11)13(20)21)12(18)16(17,5-2)6-3/h9-12H,4-8,18H2,1-3H3,(H,19,24)(H,20,21)(H,22,23). The van der Waals surface area contributed by atoms with Gasteiger partial charge < -0.3 is 26.0 Å². The molecule has 8 nitrogen and oxygen atoms in total. The van der Waals surface area contributed by atoms with E-state index in [4.69, 9.17) is 10.5 Å². The van der Waals surface area contributed by atoms with Crippen LogP contribution in [0.2, 0.25) is 0 Å². The number of hydrogen-bond acceptors (Lipinski definition) is 5. The van der Waals surface area contributed by atoms with E-state index in [2.05, 4.69) is 5.32 Å². The van der Waals surface area contributed by atoms with Gasteiger partial charge in [0, 0.05) is 17.4 Å². The number of unbranched alkanes of at least 4 members (excludes halogenated alkanes) is 1. The van der Waals surface area contributed by atoms with Crippen LogP contribution in [0.4, 0.5) is 4.79 Å². The molecule has 1 amide bonds. The topological polar surface area (TPSA) is 139 Å². The van der Waals surface area contributed by atoms with Gasteiger partial charge in [-0.3, -0.25) is 4.79 Å². The molecule has 2 rings (SSSR count). The van der Waals surface area contributed by atoms with Gasteiger partial charge in [0.1, 0.15) is 0 Å². The second-order valence-electron chi connectivity index (χ2n) is 7.08. The number of fused-ring (bicyclic) bond motifs is 1. The molecule has 5 unspecified atom stereocenters. The molecule has 0 saturated heterocycles. The maximum atomic E-state index is 12.4. The number of carboxylic acids is 2. The third-order valence-corrected chi connectivity index (χ3v) is 6.33. The van der Waals surface area contributed by atoms with Crippen molar-refractivity contribution in [2.45, 2.75) is 58.0 Å². The Morgan fingerprint density at radius 2 is 1.76 bits per heavy atom. The van der Waals surface area contributed by atoms with Crippen molar-refractivity contribution < 1.29 is 29.3 Å². The van der Waals surface area contributed by atoms with Crippen molar-refractivity contribution in [3.63, 3.8) is 0 Å². The van der Waals surface area contributed by atoms with E-state index in [0.29, 0.717) is 19.3 Å². The van der Waals surface area contributed by atoms with Crippen molar-refractivity contribution in [2.75, 3.05) is 6.61 Å². The molecule has 2 fully saturated rings. The quantitative estimate of drug-likeness (QED) is 0.482. The normalized spacial score (nSPS) is 34.9. The van der Waals surface area contributed by atoms with E-state index in [0.717, 1.165) is 6.42 Å². The zero-order chi connectivity index (χ0) is 19.0. The fraction of sp³-hybridized carbons (Fsp3) is 0.824. The third kappa shape index (κ3) is 2.58. The van der Waals surface area contributed by atoms with Gasteiger partial charge in [-0.1, -0.05) is 27.2 Å². The number of alkyl carbamates (subject to hydrolysis) is 1. The first-order valence-electron chi connectivity index (χ1n) is 8.91. The van der Waals surface area contributed by atoms with Gasteiger partial charge in [-0.2, -0.15) is 0 Å². The molecule has 0 aromatic carbocycles. The van der Waals surface area contributed by atoms with E-state index >= 15 is 0 Å². The van der Waals surface area contributed by atoms with Crippen LogP contribution in [0.15, 0.2) is 0 Å². The van der Waals surface area contributed by atoms with E-state index in [1.54, 1.807) is 0 Å². The van der Waals surface area contributed by atoms with Crippen molar-refractivity contribution in [2.24, 2.45) is 28.9 Å². The number of ether oxygens (including phenoxy) is 1. The van der Waals surface area contributed by atoms with Crippen LogP contribution in [0.3, 0.4) is 0 Å². The summed E-state index contributed by atoms with van der Waals surface area (Å²) in [6, 6.07) is -0.611. The lowest BCUT2D eigenvalue weighted by Crippen LogP contribution is -2.68. The van der Waals surface area contributed by atoms with Crippen LogP contribution in [0.5, 0.6) is 0 Å². The number of carbonyl (C=O) groups excluding carboxylic acids is 1. The summed E-state index contributed by atoms with van der Waals surface area (Å²) < 4.78 is 5.10. The van der Waals surface area contributed by atoms with E-state index in [1.807, 2.05) is 20.8 Å². The Labute approximate surface area is 147 Å². The molecular weight excluding hydrogens is 328 g/mol. The van der Waals surface area contributed by atoms with Gasteiger partial charge >= 0.3 is 18.0 Å². The van der Waals surface area contributed by atoms with Gasteiger partial charge in [0.2, 0.25) is 0 Å². The summed E-state index contributed by atoms with van der Waals surface area (Å²) >= 11 is 0. The SMILES string of the molecule is CCCCOC(=O)NC1(C(=O)O)C2C(C(=O)O)C2C(N)C1(CC)CC. The van der Waals surface area contributed by atoms with Crippen LogP contribution in [-0.4, -0.2) is 46.4 Å². The number of carbonyl (C=O) groups is 3. The van der Waals surface area contributed by atoms with Crippen LogP contribution in [0, 0.1) is 23.2 Å². The third-order valence-electron chi connectivity index (χ3n) is 6.33. The molecule has 0 aromatic heterocycles. The molecule has 0 radical (unpaired) electrons. The predicted molar refractivity (Wildman–Crippen MR) is 88.9 cm³/mol. The zero-order valence-electron chi connectivity index (χ0n) is 14.9. The van der Waals surface area contributed by atoms with Crippen LogP contribution in [-0.2, 0) is 14.3 Å². The lowest BCUT2D eigenvalue weighted by Gasteiger charge is -2.47. The molecule has 5 N–H and O–H groups in total. The molecule has 0 aromatic rings. The Hall–Kier alpha value is -1.83. The van der Waals surface area contributed by atoms with Gasteiger partial charge in [-0.25, -0.2) is 9.59 Å². The first-order chi connectivity index (χ1) is 11.7. The summed E-state index contributed by atoms with van der Waals surface area (Å²) in [5.74, 6) is -4.35. The largest absolute Gasteiger partial charge is 0.481 e. The highest BCUT2D eigenvalue weighted by molar-refractivity contribution is 5.90. The maximum absolute atomic E-state index is 12.4. The van der Waals surface area contributed by atoms with Crippen LogP contribution >= 0.6 is 0 Å². The maximum Gasteiger partial charge on any atom is 0.408 e. The van der Waals surface area contributed by atoms with Crippen molar-refractivity contribution in [3.8, 4) is 0 Å². The molecule has 5 atom stereocenters. The number of nitrogens with two attached hydrogens (primary N) is 1. The summed E-state index contributed by atoms with van der Waals surface area (Å²) in [6.45, 7) is 5.78. The first kappa shape index (κ1) is 19.5. The first-order valence-corrected chi connectivity index (χ1v) is 8.91. The Kier molecular flexibility index (Phi) is 5.32. The minimum atomic E-state index is -1.73. The predicted octanol–water partition coefficient (Wildman–Crippen LogP) is 1.43. The second kappa shape index (κ2) is 6.82. The average Bonchev–Trinajstić information content (AvgIpc) is 3.26. The van der Waals surface area contributed by atoms with Crippen LogP contribution in [0.25, 0.3) is 0 Å². The summed E-state index contributed by atoms with van der Waals surface area (Å²) in [4.78, 5) is 36.1. The molecule has 2 aliphatic carbocycles. The molecule has 0 bridgehead atoms. The van der Waals surface area contributed by atoms with Crippen molar-refractivity contribution in [1.82, 2.24) is 5.32 Å². The highest BCUT2D eigenvalue weighted by atomic mass is 16.5. The Morgan fingerprint density at radius 3 is 2.20 bits per heavy atom. The summed E-state index contributed by atoms with van der Waals surface area (Å²) in [6.07, 6.45) is 1.52. The van der Waals surface area contributed by atoms with Gasteiger partial charge in [0.15, 0.2) is 5.54 Å². The smallest absolute Gasteiger partial charge is 0.408 e. The van der Waals surface area contributed by atoms with Gasteiger partial charge in [0.25, 0.3) is 0 Å². The highest BCUT2D eigenvalue weighted by Gasteiger charge is 2.83. The minimum Gasteiger partial charge on any atom is -0.481 e. The zero-order valence-corrected chi connectivity index (χ0v) is 14.9. The fourth-order valence-electron chi connectivity index (χ4n) is 5.02. The van der Waals surface area contributed by atoms with Crippen molar-refractivity contribution in [3.05, 3.63) is 0 Å². The molecule has 25 heavy (non-hydrogen) atoms. The molecule has 8 heteroatoms. The van der Waals surface area contributed by atoms with Crippen LogP contribution in [0.1, 0.15) is 46.5 Å². The molecule has 2 aliphatic rings. The number of hydrogen-bond donors (Lipinski definition) is 4. The Morgan fingerprint density at radius 1 is 1.16 bits per heavy atom. The van der Waals surface area contributed by atoms with E-state index in [1.165, 1.54) is 0 Å². The highest BCUT2D eigenvalue weighted by Crippen LogP contribution is 2.70. The molecule has 0 aliphatic heterocycles. The number of nitrogens with one attached hydrogen (secondary N) is 1. The molecular formula is C17H28N2O6. The molecule has 2 saturated carbocycles. The Balaban J connectivity index is 2.41. The average molecular weight is 356 g/mol. The van der Waals surface area contributed by atoms with Crippen LogP contribution < -0.4 is 11.1 Å². The molecule has 142 valence electrons. The summed E-state index contributed by atoms with van der Waals surface area (Å²) in [5, 5.41) is 22.0. The van der Waals surface area contributed by atoms with E-state index in [-0.39, 0.29) is 6.61 Å². The summed E-state index contributed by atoms with van der Waals surface area (Å²) in [5.41, 5.74) is 3.70. The molecule has 0 heterocycles. The van der Waals surface area contributed by atoms with Crippen molar-refractivity contribution >= 4 is 18.0 Å². The lowest BCUT2D eigenvalue weighted by molar-refractivity contribution is -0.154. The van der Waals surface area contributed by atoms with Gasteiger partial charge in [-0.15, -0.1) is 0 Å². The molecule has 0 spiro atoms. The summed E-state index contributed by atoms with van der Waals surface area (Å²) in [7, 11) is 0. The Bertz CT molecular complexity index is 561. The number of rotatable bonds is 8. The van der Waals surface area contributed by atoms with Gasteiger partial charge in [0.05, 0.1) is 12.5 Å².